The molecule has 0 atom stereocenters. The molecule has 2 aromatic rings. The Balaban J connectivity index is 1.95. The van der Waals surface area contributed by atoms with E-state index in [1.165, 1.54) is 12.4 Å². The first-order valence-electron chi connectivity index (χ1n) is 4.85. The Bertz CT molecular complexity index is 534. The molecule has 0 radical (unpaired) electrons. The maximum Gasteiger partial charge on any atom is 0.228 e. The van der Waals surface area contributed by atoms with E-state index >= 15 is 0 Å². The number of rotatable bonds is 4. The van der Waals surface area contributed by atoms with Crippen molar-refractivity contribution in [3.8, 4) is 6.07 Å². The highest BCUT2D eigenvalue weighted by Crippen LogP contribution is 2.13. The number of nitrogens with one attached hydrogen (secondary N) is 1. The Morgan fingerprint density at radius 3 is 3.06 bits per heavy atom. The monoisotopic (exact) mass is 249 g/mol. The molecule has 0 spiro atoms. The third-order valence-corrected chi connectivity index (χ3v) is 2.17. The van der Waals surface area contributed by atoms with Crippen LogP contribution >= 0.6 is 11.6 Å². The Morgan fingerprint density at radius 2 is 2.35 bits per heavy atom. The molecule has 1 N–H and O–H groups in total. The minimum absolute atomic E-state index is 0.282. The Hall–Kier alpha value is -2.13. The Kier molecular flexibility index (Phi) is 3.52. The molecule has 0 aliphatic heterocycles. The van der Waals surface area contributed by atoms with Crippen molar-refractivity contribution in [1.82, 2.24) is 15.1 Å². The second-order valence-corrected chi connectivity index (χ2v) is 3.57. The van der Waals surface area contributed by atoms with Gasteiger partial charge in [0, 0.05) is 13.0 Å². The summed E-state index contributed by atoms with van der Waals surface area (Å²) in [6.45, 7) is 0.570. The van der Waals surface area contributed by atoms with Crippen LogP contribution in [0.4, 0.5) is 5.82 Å². The average Bonchev–Trinajstić information content (AvgIpc) is 2.81. The van der Waals surface area contributed by atoms with Crippen LogP contribution in [0, 0.1) is 11.3 Å². The molecule has 2 rings (SSSR count). The van der Waals surface area contributed by atoms with Crippen molar-refractivity contribution in [1.29, 1.82) is 5.26 Å². The van der Waals surface area contributed by atoms with Crippen LogP contribution in [0.5, 0.6) is 0 Å². The predicted octanol–water partition coefficient (Wildman–Crippen LogP) is 1.64. The second-order valence-electron chi connectivity index (χ2n) is 3.19. The lowest BCUT2D eigenvalue weighted by atomic mass is 10.3. The number of anilines is 1. The third kappa shape index (κ3) is 3.16. The fourth-order valence-corrected chi connectivity index (χ4v) is 1.46. The van der Waals surface area contributed by atoms with Gasteiger partial charge in [-0.25, -0.2) is 4.98 Å². The standard InChI is InChI=1S/C10H8ClN5O/c11-8-3-7(5-12)4-9(16-8)13-2-1-10-14-6-15-17-10/h3-4,6H,1-2H2,(H,13,16). The lowest BCUT2D eigenvalue weighted by Gasteiger charge is -2.04. The lowest BCUT2D eigenvalue weighted by molar-refractivity contribution is 0.379. The van der Waals surface area contributed by atoms with Crippen molar-refractivity contribution in [2.45, 2.75) is 6.42 Å². The summed E-state index contributed by atoms with van der Waals surface area (Å²) in [5.41, 5.74) is 0.463. The summed E-state index contributed by atoms with van der Waals surface area (Å²) >= 11 is 5.76. The number of nitrogens with zero attached hydrogens (tertiary/aromatic N) is 4. The first-order chi connectivity index (χ1) is 8.28. The normalized spacial score (nSPS) is 9.88. The number of pyridine rings is 1. The highest BCUT2D eigenvalue weighted by molar-refractivity contribution is 6.29. The molecule has 0 saturated carbocycles. The van der Waals surface area contributed by atoms with Crippen molar-refractivity contribution in [2.24, 2.45) is 0 Å². The Labute approximate surface area is 102 Å². The molecule has 0 aromatic carbocycles. The van der Waals surface area contributed by atoms with Gasteiger partial charge >= 0.3 is 0 Å². The van der Waals surface area contributed by atoms with Crippen molar-refractivity contribution in [2.75, 3.05) is 11.9 Å². The summed E-state index contributed by atoms with van der Waals surface area (Å²) in [6, 6.07) is 5.14. The first-order valence-corrected chi connectivity index (χ1v) is 5.23. The summed E-state index contributed by atoms with van der Waals surface area (Å²) in [5.74, 6) is 1.09. The number of hydrogen-bond acceptors (Lipinski definition) is 6. The van der Waals surface area contributed by atoms with Crippen molar-refractivity contribution >= 4 is 17.4 Å². The van der Waals surface area contributed by atoms with E-state index in [2.05, 4.69) is 20.4 Å². The van der Waals surface area contributed by atoms with Crippen LogP contribution in [0.1, 0.15) is 11.5 Å². The summed E-state index contributed by atoms with van der Waals surface area (Å²) in [4.78, 5) is 7.92. The third-order valence-electron chi connectivity index (χ3n) is 1.98. The highest BCUT2D eigenvalue weighted by atomic mass is 35.5. The van der Waals surface area contributed by atoms with Crippen LogP contribution in [-0.2, 0) is 6.42 Å². The molecule has 0 amide bonds. The maximum atomic E-state index is 8.76. The zero-order valence-corrected chi connectivity index (χ0v) is 9.48. The zero-order valence-electron chi connectivity index (χ0n) is 8.72. The minimum Gasteiger partial charge on any atom is -0.369 e. The molecule has 86 valence electrons. The van der Waals surface area contributed by atoms with E-state index in [4.69, 9.17) is 21.4 Å². The van der Waals surface area contributed by atoms with Crippen LogP contribution < -0.4 is 5.32 Å². The van der Waals surface area contributed by atoms with Gasteiger partial charge in [0.25, 0.3) is 0 Å². The molecule has 0 saturated heterocycles. The molecule has 0 aliphatic rings. The average molecular weight is 250 g/mol. The molecule has 6 nitrogen and oxygen atoms in total. The quantitative estimate of drug-likeness (QED) is 0.829. The van der Waals surface area contributed by atoms with Crippen molar-refractivity contribution < 1.29 is 4.52 Å². The number of halogens is 1. The van der Waals surface area contributed by atoms with Gasteiger partial charge in [0.15, 0.2) is 6.33 Å². The van der Waals surface area contributed by atoms with Gasteiger partial charge in [-0.3, -0.25) is 0 Å². The van der Waals surface area contributed by atoms with Gasteiger partial charge in [0.1, 0.15) is 11.0 Å². The molecule has 7 heteroatoms. The molecular weight excluding hydrogens is 242 g/mol. The van der Waals surface area contributed by atoms with E-state index in [0.29, 0.717) is 30.2 Å². The van der Waals surface area contributed by atoms with Crippen LogP contribution in [0.3, 0.4) is 0 Å². The van der Waals surface area contributed by atoms with Crippen LogP contribution in [0.25, 0.3) is 0 Å². The van der Waals surface area contributed by atoms with Crippen molar-refractivity contribution in [3.63, 3.8) is 0 Å². The topological polar surface area (TPSA) is 87.6 Å². The lowest BCUT2D eigenvalue weighted by Crippen LogP contribution is -2.06. The smallest absolute Gasteiger partial charge is 0.228 e. The molecule has 2 aromatic heterocycles. The SMILES string of the molecule is N#Cc1cc(Cl)nc(NCCc2ncno2)c1. The van der Waals surface area contributed by atoms with Gasteiger partial charge in [-0.2, -0.15) is 10.2 Å². The van der Waals surface area contributed by atoms with Gasteiger partial charge in [-0.05, 0) is 12.1 Å². The highest BCUT2D eigenvalue weighted by Gasteiger charge is 2.02. The molecule has 0 fully saturated rings. The maximum absolute atomic E-state index is 8.76. The van der Waals surface area contributed by atoms with E-state index < -0.39 is 0 Å². The van der Waals surface area contributed by atoms with Crippen LogP contribution in [-0.4, -0.2) is 21.7 Å². The summed E-state index contributed by atoms with van der Waals surface area (Å²) < 4.78 is 4.84. The number of hydrogen-bond donors (Lipinski definition) is 1. The molecule has 17 heavy (non-hydrogen) atoms. The number of aromatic nitrogens is 3. The molecule has 0 aliphatic carbocycles. The second kappa shape index (κ2) is 5.27. The predicted molar refractivity (Wildman–Crippen MR) is 60.5 cm³/mol. The van der Waals surface area contributed by atoms with Gasteiger partial charge in [-0.15, -0.1) is 0 Å². The van der Waals surface area contributed by atoms with Crippen LogP contribution in [0.2, 0.25) is 5.15 Å². The van der Waals surface area contributed by atoms with Crippen molar-refractivity contribution in [3.05, 3.63) is 35.1 Å². The van der Waals surface area contributed by atoms with E-state index in [1.807, 2.05) is 6.07 Å². The van der Waals surface area contributed by atoms with Gasteiger partial charge in [0.05, 0.1) is 11.6 Å². The zero-order chi connectivity index (χ0) is 12.1. The first kappa shape index (κ1) is 11.4. The fraction of sp³-hybridized carbons (Fsp3) is 0.200. The van der Waals surface area contributed by atoms with E-state index in [9.17, 15) is 0 Å². The van der Waals surface area contributed by atoms with E-state index in [1.54, 1.807) is 6.07 Å². The van der Waals surface area contributed by atoms with Gasteiger partial charge < -0.3 is 9.84 Å². The van der Waals surface area contributed by atoms with Gasteiger partial charge in [0.2, 0.25) is 5.89 Å². The summed E-state index contributed by atoms with van der Waals surface area (Å²) in [7, 11) is 0. The molecule has 0 bridgehead atoms. The number of nitriles is 1. The van der Waals surface area contributed by atoms with E-state index in [-0.39, 0.29) is 5.15 Å². The fourth-order valence-electron chi connectivity index (χ4n) is 1.26. The largest absolute Gasteiger partial charge is 0.369 e. The molecule has 2 heterocycles. The minimum atomic E-state index is 0.282. The van der Waals surface area contributed by atoms with E-state index in [0.717, 1.165) is 0 Å². The van der Waals surface area contributed by atoms with Gasteiger partial charge in [-0.1, -0.05) is 16.8 Å². The molecule has 0 unspecified atom stereocenters. The summed E-state index contributed by atoms with van der Waals surface area (Å²) in [5, 5.41) is 15.6. The summed E-state index contributed by atoms with van der Waals surface area (Å²) in [6.07, 6.45) is 1.93. The Morgan fingerprint density at radius 1 is 1.47 bits per heavy atom. The molecular formula is C10H8ClN5O. The van der Waals surface area contributed by atoms with Crippen LogP contribution in [0.15, 0.2) is 23.0 Å².